The van der Waals surface area contributed by atoms with Gasteiger partial charge >= 0.3 is 11.9 Å². The largest absolute Gasteiger partial charge is 0.469 e. The van der Waals surface area contributed by atoms with Gasteiger partial charge in [-0.2, -0.15) is 0 Å². The molecule has 0 aliphatic carbocycles. The zero-order valence-electron chi connectivity index (χ0n) is 10.4. The predicted molar refractivity (Wildman–Crippen MR) is 58.0 cm³/mol. The molecule has 0 aromatic heterocycles. The number of carbonyl (C=O) groups excluding carboxylic acids is 3. The van der Waals surface area contributed by atoms with Crippen molar-refractivity contribution in [2.45, 2.75) is 38.9 Å². The SMILES string of the molecule is COC(=O)[C@H](C)[C@@H](C[C@@](C)(O)C=O)OC(C)=O. The summed E-state index contributed by atoms with van der Waals surface area (Å²) in [5, 5.41) is 9.60. The van der Waals surface area contributed by atoms with Gasteiger partial charge in [0.05, 0.1) is 13.0 Å². The van der Waals surface area contributed by atoms with Gasteiger partial charge in [0.2, 0.25) is 0 Å². The minimum absolute atomic E-state index is 0.160. The zero-order valence-corrected chi connectivity index (χ0v) is 10.4. The highest BCUT2D eigenvalue weighted by Gasteiger charge is 2.34. The third-order valence-electron chi connectivity index (χ3n) is 2.32. The summed E-state index contributed by atoms with van der Waals surface area (Å²) >= 11 is 0. The molecule has 1 N–H and O–H groups in total. The first-order valence-electron chi connectivity index (χ1n) is 5.17. The Bertz CT molecular complexity index is 296. The number of hydrogen-bond acceptors (Lipinski definition) is 6. The maximum atomic E-state index is 11.3. The Balaban J connectivity index is 4.81. The number of aliphatic hydroxyl groups is 1. The van der Waals surface area contributed by atoms with Crippen LogP contribution in [0.15, 0.2) is 0 Å². The fourth-order valence-electron chi connectivity index (χ4n) is 1.33. The van der Waals surface area contributed by atoms with Gasteiger partial charge in [-0.05, 0) is 13.8 Å². The highest BCUT2D eigenvalue weighted by Crippen LogP contribution is 2.20. The van der Waals surface area contributed by atoms with Crippen molar-refractivity contribution in [1.82, 2.24) is 0 Å². The second kappa shape index (κ2) is 6.34. The molecule has 0 aromatic rings. The number of rotatable bonds is 6. The molecule has 0 spiro atoms. The number of hydrogen-bond donors (Lipinski definition) is 1. The standard InChI is InChI=1S/C11H18O6/c1-7(10(14)16-4)9(17-8(2)13)5-11(3,15)6-12/h6-7,9,15H,5H2,1-4H3/t7-,9-,11-/m1/s1. The molecule has 0 aliphatic rings. The average Bonchev–Trinajstić information content (AvgIpc) is 2.25. The highest BCUT2D eigenvalue weighted by molar-refractivity contribution is 5.74. The number of methoxy groups -OCH3 is 1. The molecule has 6 heteroatoms. The number of ether oxygens (including phenoxy) is 2. The number of carbonyl (C=O) groups is 3. The van der Waals surface area contributed by atoms with Crippen molar-refractivity contribution in [3.8, 4) is 0 Å². The number of esters is 2. The van der Waals surface area contributed by atoms with Crippen molar-refractivity contribution in [3.63, 3.8) is 0 Å². The summed E-state index contributed by atoms with van der Waals surface area (Å²) in [4.78, 5) is 32.8. The minimum atomic E-state index is -1.65. The molecule has 0 rings (SSSR count). The Labute approximate surface area is 99.9 Å². The lowest BCUT2D eigenvalue weighted by molar-refractivity contribution is -0.162. The fourth-order valence-corrected chi connectivity index (χ4v) is 1.33. The monoisotopic (exact) mass is 246 g/mol. The molecule has 0 saturated carbocycles. The normalized spacial score (nSPS) is 17.5. The molecule has 0 bridgehead atoms. The summed E-state index contributed by atoms with van der Waals surface area (Å²) in [6.07, 6.45) is -0.722. The second-order valence-electron chi connectivity index (χ2n) is 4.14. The molecule has 98 valence electrons. The van der Waals surface area contributed by atoms with Gasteiger partial charge in [-0.15, -0.1) is 0 Å². The van der Waals surface area contributed by atoms with Crippen molar-refractivity contribution in [3.05, 3.63) is 0 Å². The highest BCUT2D eigenvalue weighted by atomic mass is 16.6. The van der Waals surface area contributed by atoms with E-state index in [0.29, 0.717) is 6.29 Å². The third-order valence-corrected chi connectivity index (χ3v) is 2.32. The molecule has 0 radical (unpaired) electrons. The lowest BCUT2D eigenvalue weighted by Gasteiger charge is -2.26. The van der Waals surface area contributed by atoms with Crippen LogP contribution >= 0.6 is 0 Å². The van der Waals surface area contributed by atoms with Gasteiger partial charge in [0, 0.05) is 13.3 Å². The van der Waals surface area contributed by atoms with Crippen LogP contribution in [-0.4, -0.2) is 42.1 Å². The van der Waals surface area contributed by atoms with Crippen LogP contribution in [0.25, 0.3) is 0 Å². The smallest absolute Gasteiger partial charge is 0.312 e. The van der Waals surface area contributed by atoms with Gasteiger partial charge in [-0.3, -0.25) is 9.59 Å². The van der Waals surface area contributed by atoms with Crippen LogP contribution in [0.5, 0.6) is 0 Å². The van der Waals surface area contributed by atoms with Crippen molar-refractivity contribution in [2.24, 2.45) is 5.92 Å². The molecule has 0 amide bonds. The van der Waals surface area contributed by atoms with Crippen LogP contribution in [0.4, 0.5) is 0 Å². The Kier molecular flexibility index (Phi) is 5.81. The lowest BCUT2D eigenvalue weighted by Crippen LogP contribution is -2.39. The average molecular weight is 246 g/mol. The van der Waals surface area contributed by atoms with Crippen LogP contribution in [0, 0.1) is 5.92 Å². The minimum Gasteiger partial charge on any atom is -0.469 e. The number of aldehydes is 1. The molecule has 0 fully saturated rings. The van der Waals surface area contributed by atoms with E-state index in [1.54, 1.807) is 0 Å². The first-order chi connectivity index (χ1) is 7.73. The summed E-state index contributed by atoms with van der Waals surface area (Å²) in [7, 11) is 1.21. The zero-order chi connectivity index (χ0) is 13.6. The summed E-state index contributed by atoms with van der Waals surface area (Å²) < 4.78 is 9.44. The molecule has 0 heterocycles. The molecule has 6 nitrogen and oxygen atoms in total. The topological polar surface area (TPSA) is 89.9 Å². The van der Waals surface area contributed by atoms with E-state index in [1.165, 1.54) is 27.9 Å². The van der Waals surface area contributed by atoms with E-state index in [9.17, 15) is 19.5 Å². The molecule has 3 atom stereocenters. The van der Waals surface area contributed by atoms with Crippen LogP contribution < -0.4 is 0 Å². The van der Waals surface area contributed by atoms with Gasteiger partial charge in [0.15, 0.2) is 6.29 Å². The van der Waals surface area contributed by atoms with Crippen molar-refractivity contribution < 1.29 is 29.0 Å². The molecule has 17 heavy (non-hydrogen) atoms. The van der Waals surface area contributed by atoms with E-state index in [4.69, 9.17) is 4.74 Å². The summed E-state index contributed by atoms with van der Waals surface area (Å²) in [5.74, 6) is -1.92. The van der Waals surface area contributed by atoms with E-state index in [2.05, 4.69) is 4.74 Å². The first kappa shape index (κ1) is 15.6. The predicted octanol–water partition coefficient (Wildman–Crippen LogP) is 0.0672. The van der Waals surface area contributed by atoms with Gasteiger partial charge in [0.1, 0.15) is 11.7 Å². The molecule has 0 unspecified atom stereocenters. The maximum absolute atomic E-state index is 11.3. The molecule has 0 saturated heterocycles. The molecular weight excluding hydrogens is 228 g/mol. The fraction of sp³-hybridized carbons (Fsp3) is 0.727. The van der Waals surface area contributed by atoms with E-state index >= 15 is 0 Å². The van der Waals surface area contributed by atoms with Crippen molar-refractivity contribution >= 4 is 18.2 Å². The molecule has 0 aromatic carbocycles. The second-order valence-corrected chi connectivity index (χ2v) is 4.14. The first-order valence-corrected chi connectivity index (χ1v) is 5.17. The van der Waals surface area contributed by atoms with E-state index < -0.39 is 29.6 Å². The van der Waals surface area contributed by atoms with Crippen LogP contribution in [0.3, 0.4) is 0 Å². The third kappa shape index (κ3) is 5.44. The van der Waals surface area contributed by atoms with E-state index in [0.717, 1.165) is 0 Å². The van der Waals surface area contributed by atoms with Gasteiger partial charge in [0.25, 0.3) is 0 Å². The Morgan fingerprint density at radius 1 is 1.47 bits per heavy atom. The van der Waals surface area contributed by atoms with Gasteiger partial charge in [-0.25, -0.2) is 0 Å². The summed E-state index contributed by atoms with van der Waals surface area (Å²) in [5.41, 5.74) is -1.65. The Morgan fingerprint density at radius 3 is 2.35 bits per heavy atom. The Hall–Kier alpha value is -1.43. The summed E-state index contributed by atoms with van der Waals surface area (Å²) in [6, 6.07) is 0. The van der Waals surface area contributed by atoms with E-state index in [-0.39, 0.29) is 6.42 Å². The lowest BCUT2D eigenvalue weighted by atomic mass is 9.92. The van der Waals surface area contributed by atoms with Crippen LogP contribution in [-0.2, 0) is 23.9 Å². The maximum Gasteiger partial charge on any atom is 0.312 e. The van der Waals surface area contributed by atoms with Crippen LogP contribution in [0.2, 0.25) is 0 Å². The molecular formula is C11H18O6. The van der Waals surface area contributed by atoms with Gasteiger partial charge < -0.3 is 19.4 Å². The van der Waals surface area contributed by atoms with Crippen molar-refractivity contribution in [1.29, 1.82) is 0 Å². The quantitative estimate of drug-likeness (QED) is 0.526. The van der Waals surface area contributed by atoms with Crippen LogP contribution in [0.1, 0.15) is 27.2 Å². The van der Waals surface area contributed by atoms with E-state index in [1.807, 2.05) is 0 Å². The Morgan fingerprint density at radius 2 is 2.00 bits per heavy atom. The van der Waals surface area contributed by atoms with Gasteiger partial charge in [-0.1, -0.05) is 0 Å². The molecule has 0 aliphatic heterocycles. The summed E-state index contributed by atoms with van der Waals surface area (Å²) in [6.45, 7) is 3.97. The van der Waals surface area contributed by atoms with Crippen molar-refractivity contribution in [2.75, 3.05) is 7.11 Å².